The molecule has 0 aliphatic heterocycles. The van der Waals surface area contributed by atoms with Crippen molar-refractivity contribution in [3.05, 3.63) is 120 Å². The number of aliphatic hydroxyl groups is 5. The molecule has 0 bridgehead atoms. The van der Waals surface area contributed by atoms with Gasteiger partial charge in [0, 0.05) is 37.6 Å². The topological polar surface area (TPSA) is 174 Å². The summed E-state index contributed by atoms with van der Waals surface area (Å²) in [5.41, 5.74) is 2.37. The summed E-state index contributed by atoms with van der Waals surface area (Å²) in [6.07, 6.45) is 15.2. The van der Waals surface area contributed by atoms with Gasteiger partial charge in [-0.3, -0.25) is 14.4 Å². The van der Waals surface area contributed by atoms with Gasteiger partial charge in [0.1, 0.15) is 5.78 Å². The molecule has 3 aromatic rings. The quantitative estimate of drug-likeness (QED) is 0.0306. The van der Waals surface area contributed by atoms with Crippen molar-refractivity contribution < 1.29 is 44.7 Å². The molecule has 2 aliphatic rings. The van der Waals surface area contributed by atoms with Gasteiger partial charge in [0.05, 0.1) is 48.6 Å². The van der Waals surface area contributed by atoms with E-state index < -0.39 is 30.5 Å². The van der Waals surface area contributed by atoms with E-state index >= 15 is 0 Å². The van der Waals surface area contributed by atoms with E-state index in [1.54, 1.807) is 23.9 Å². The van der Waals surface area contributed by atoms with E-state index in [9.17, 15) is 39.9 Å². The molecule has 0 saturated heterocycles. The average Bonchev–Trinajstić information content (AvgIpc) is 3.72. The van der Waals surface area contributed by atoms with Crippen LogP contribution in [0.5, 0.6) is 0 Å². The average molecular weight is 904 g/mol. The van der Waals surface area contributed by atoms with Crippen molar-refractivity contribution in [3.63, 3.8) is 0 Å². The number of allylic oxidation sites excluding steroid dienone is 2. The largest absolute Gasteiger partial charge is 0.468 e. The van der Waals surface area contributed by atoms with Crippen molar-refractivity contribution in [2.45, 2.75) is 113 Å². The Morgan fingerprint density at radius 2 is 1.49 bits per heavy atom. The maximum Gasteiger partial charge on any atom is 0.315 e. The first-order valence-electron chi connectivity index (χ1n) is 22.5. The number of nitrogens with one attached hydrogen (secondary N) is 1. The third-order valence-electron chi connectivity index (χ3n) is 11.6. The minimum atomic E-state index is -0.701. The van der Waals surface area contributed by atoms with Crippen LogP contribution in [0, 0.1) is 17.8 Å². The fourth-order valence-electron chi connectivity index (χ4n) is 8.01. The number of hydrogen-bond acceptors (Lipinski definition) is 11. The number of fused-ring (bicyclic) bond motifs is 1. The summed E-state index contributed by atoms with van der Waals surface area (Å²) < 4.78 is 4.62. The maximum atomic E-state index is 12.4. The van der Waals surface area contributed by atoms with E-state index in [1.165, 1.54) is 40.8 Å². The highest BCUT2D eigenvalue weighted by Crippen LogP contribution is 2.37. The third kappa shape index (κ3) is 18.7. The van der Waals surface area contributed by atoms with Crippen LogP contribution in [0.4, 0.5) is 0 Å². The number of carbonyl (C=O) groups is 3. The van der Waals surface area contributed by atoms with E-state index in [2.05, 4.69) is 40.4 Å². The molecule has 344 valence electrons. The lowest BCUT2D eigenvalue weighted by atomic mass is 9.89. The van der Waals surface area contributed by atoms with Crippen molar-refractivity contribution in [1.82, 2.24) is 5.32 Å². The lowest BCUT2D eigenvalue weighted by Crippen LogP contribution is -2.22. The van der Waals surface area contributed by atoms with E-state index in [-0.39, 0.29) is 47.1 Å². The van der Waals surface area contributed by atoms with Crippen LogP contribution in [0.15, 0.2) is 109 Å². The Morgan fingerprint density at radius 3 is 2.21 bits per heavy atom. The van der Waals surface area contributed by atoms with Crippen LogP contribution in [-0.4, -0.2) is 110 Å². The molecule has 0 unspecified atom stereocenters. The van der Waals surface area contributed by atoms with E-state index in [4.69, 9.17) is 0 Å². The molecule has 10 nitrogen and oxygen atoms in total. The molecular weight excluding hydrogens is 835 g/mol. The smallest absolute Gasteiger partial charge is 0.315 e. The first-order chi connectivity index (χ1) is 30.5. The van der Waals surface area contributed by atoms with Crippen LogP contribution < -0.4 is 5.32 Å². The van der Waals surface area contributed by atoms with Crippen LogP contribution in [0.2, 0.25) is 0 Å². The fraction of sp³-hybridized carbons (Fsp3) is 0.510. The van der Waals surface area contributed by atoms with Crippen LogP contribution in [0.1, 0.15) is 75.8 Å². The molecule has 0 radical (unpaired) electrons. The van der Waals surface area contributed by atoms with Crippen molar-refractivity contribution in [2.75, 3.05) is 30.9 Å². The normalized spacial score (nSPS) is 23.3. The number of ether oxygens (including phenoxy) is 1. The Hall–Kier alpha value is -3.75. The Bertz CT molecular complexity index is 1910. The van der Waals surface area contributed by atoms with Gasteiger partial charge in [-0.1, -0.05) is 109 Å². The predicted octanol–water partition coefficient (Wildman–Crippen LogP) is 7.18. The Labute approximate surface area is 382 Å². The summed E-state index contributed by atoms with van der Waals surface area (Å²) in [6.45, 7) is 2.57. The predicted molar refractivity (Wildman–Crippen MR) is 257 cm³/mol. The number of esters is 1. The number of aryl methyl sites for hydroxylation is 2. The third-order valence-corrected chi connectivity index (χ3v) is 14.0. The highest BCUT2D eigenvalue weighted by molar-refractivity contribution is 8.01. The van der Waals surface area contributed by atoms with Gasteiger partial charge in [-0.15, -0.1) is 11.8 Å². The Balaban J connectivity index is 0.000000278. The summed E-state index contributed by atoms with van der Waals surface area (Å²) in [6, 6.07) is 24.6. The van der Waals surface area contributed by atoms with Gasteiger partial charge in [-0.05, 0) is 97.6 Å². The first kappa shape index (κ1) is 51.9. The van der Waals surface area contributed by atoms with Crippen LogP contribution in [0.3, 0.4) is 0 Å². The molecule has 2 saturated carbocycles. The van der Waals surface area contributed by atoms with Crippen molar-refractivity contribution in [3.8, 4) is 0 Å². The summed E-state index contributed by atoms with van der Waals surface area (Å²) in [5, 5.41) is 56.7. The molecule has 0 heterocycles. The second-order valence-corrected chi connectivity index (χ2v) is 18.8. The molecule has 0 spiro atoms. The molecule has 3 aromatic carbocycles. The minimum Gasteiger partial charge on any atom is -0.468 e. The SMILES string of the molecule is CCNC(=O)CCC/C=C\C[C@@H]1[C@@H](/C=C/[C@@H](O)CCc2ccccc2)[C@H](O)C[C@@H]1O.COC(=O)CSCCCS[C@H]1C(=O)C[C@@H](O)[C@@H]1/C=C/[C@@H](O)CCc1ccc2ccccc2c1. The second-order valence-electron chi connectivity index (χ2n) is 16.4. The van der Waals surface area contributed by atoms with Gasteiger partial charge >= 0.3 is 5.97 Å². The van der Waals surface area contributed by atoms with E-state index in [1.807, 2.05) is 73.7 Å². The van der Waals surface area contributed by atoms with E-state index in [0.29, 0.717) is 44.4 Å². The lowest BCUT2D eigenvalue weighted by molar-refractivity contribution is -0.137. The number of unbranched alkanes of at least 4 members (excludes halogenated alkanes) is 1. The number of aliphatic hydroxyl groups excluding tert-OH is 5. The molecule has 9 atom stereocenters. The van der Waals surface area contributed by atoms with Crippen LogP contribution in [0.25, 0.3) is 10.8 Å². The van der Waals surface area contributed by atoms with Gasteiger partial charge in [0.25, 0.3) is 0 Å². The molecular formula is C51H69NO9S2. The molecule has 0 aromatic heterocycles. The zero-order chi connectivity index (χ0) is 45.4. The monoisotopic (exact) mass is 903 g/mol. The zero-order valence-corrected chi connectivity index (χ0v) is 38.5. The first-order valence-corrected chi connectivity index (χ1v) is 24.7. The van der Waals surface area contributed by atoms with E-state index in [0.717, 1.165) is 43.6 Å². The van der Waals surface area contributed by atoms with Crippen LogP contribution >= 0.6 is 23.5 Å². The van der Waals surface area contributed by atoms with Gasteiger partial charge in [0.2, 0.25) is 5.91 Å². The number of methoxy groups -OCH3 is 1. The number of ketones is 1. The fourth-order valence-corrected chi connectivity index (χ4v) is 10.3. The number of carbonyl (C=O) groups excluding carboxylic acids is 3. The molecule has 2 fully saturated rings. The number of thioether (sulfide) groups is 2. The van der Waals surface area contributed by atoms with Gasteiger partial charge in [0.15, 0.2) is 0 Å². The number of rotatable bonds is 24. The Morgan fingerprint density at radius 1 is 0.810 bits per heavy atom. The number of benzene rings is 3. The minimum absolute atomic E-state index is 0.0581. The summed E-state index contributed by atoms with van der Waals surface area (Å²) in [7, 11) is 1.38. The van der Waals surface area contributed by atoms with Crippen molar-refractivity contribution in [2.24, 2.45) is 17.8 Å². The molecule has 5 rings (SSSR count). The van der Waals surface area contributed by atoms with Gasteiger partial charge < -0.3 is 35.6 Å². The van der Waals surface area contributed by atoms with Gasteiger partial charge in [-0.25, -0.2) is 0 Å². The second kappa shape index (κ2) is 28.9. The number of Topliss-reactive ketones (excluding diaryl/α,β-unsaturated/α-hetero) is 1. The molecule has 6 N–H and O–H groups in total. The highest BCUT2D eigenvalue weighted by atomic mass is 32.2. The summed E-state index contributed by atoms with van der Waals surface area (Å²) >= 11 is 3.08. The lowest BCUT2D eigenvalue weighted by Gasteiger charge is -2.19. The maximum absolute atomic E-state index is 12.4. The van der Waals surface area contributed by atoms with Crippen molar-refractivity contribution in [1.29, 1.82) is 0 Å². The summed E-state index contributed by atoms with van der Waals surface area (Å²) in [5.74, 6) is 1.36. The summed E-state index contributed by atoms with van der Waals surface area (Å²) in [4.78, 5) is 34.9. The number of amides is 1. The van der Waals surface area contributed by atoms with Crippen molar-refractivity contribution >= 4 is 52.0 Å². The van der Waals surface area contributed by atoms with Gasteiger partial charge in [-0.2, -0.15) is 11.8 Å². The Kier molecular flexibility index (Phi) is 23.8. The highest BCUT2D eigenvalue weighted by Gasteiger charge is 2.41. The van der Waals surface area contributed by atoms with Crippen LogP contribution in [-0.2, 0) is 32.0 Å². The molecule has 12 heteroatoms. The standard InChI is InChI=1S/C26H32O5S2.C25H37NO4/c1-31-25(30)17-32-13-4-14-33-26-22(23(28)16-24(26)29)12-11-21(27)10-8-18-7-9-19-5-2-3-6-20(19)15-18;1-2-26-25(30)13-9-4-3-8-12-21-22(24(29)18-23(21)28)17-16-20(27)15-14-19-10-6-5-7-11-19/h2-3,5-7,9,11-12,15,21-23,26-28H,4,8,10,13-14,16-17H2,1H3;3,5-8,10-11,16-17,20-24,27-29H,2,4,9,12-15,18H2,1H3,(H,26,30)/b12-11+;8-3-,17-16+/t21-,22-,23+,26+;20-,21+,22+,23-,24+/m00/s1. The molecule has 1 amide bonds. The molecule has 2 aliphatic carbocycles. The zero-order valence-electron chi connectivity index (χ0n) is 36.9. The molecule has 63 heavy (non-hydrogen) atoms. The number of hydrogen-bond donors (Lipinski definition) is 6.